The predicted molar refractivity (Wildman–Crippen MR) is 66.7 cm³/mol. The lowest BCUT2D eigenvalue weighted by Crippen LogP contribution is -2.24. The summed E-state index contributed by atoms with van der Waals surface area (Å²) in [4.78, 5) is 21.6. The molecule has 0 amide bonds. The first kappa shape index (κ1) is 16.9. The topological polar surface area (TPSA) is 72.8 Å². The van der Waals surface area contributed by atoms with Crippen molar-refractivity contribution in [1.29, 1.82) is 0 Å². The monoisotopic (exact) mass is 260 g/mol. The Kier molecular flexibility index (Phi) is 9.28. The zero-order chi connectivity index (χ0) is 14.0. The molecule has 0 aromatic carbocycles. The number of ether oxygens (including phenoxy) is 2. The zero-order valence-electron chi connectivity index (χ0n) is 11.5. The molecule has 0 radical (unpaired) electrons. The van der Waals surface area contributed by atoms with Gasteiger partial charge in [-0.2, -0.15) is 0 Å². The summed E-state index contributed by atoms with van der Waals surface area (Å²) in [6.07, 6.45) is 3.35. The Bertz CT molecular complexity index is 236. The summed E-state index contributed by atoms with van der Waals surface area (Å²) in [6, 6.07) is 0. The molecule has 0 spiro atoms. The van der Waals surface area contributed by atoms with Crippen molar-refractivity contribution in [2.75, 3.05) is 0 Å². The molecule has 0 saturated heterocycles. The lowest BCUT2D eigenvalue weighted by molar-refractivity contribution is -0.186. The number of rotatable bonds is 9. The minimum absolute atomic E-state index is 0.326. The molecule has 0 aromatic heterocycles. The van der Waals surface area contributed by atoms with Crippen LogP contribution < -0.4 is 0 Å². The Morgan fingerprint density at radius 2 is 1.56 bits per heavy atom. The highest BCUT2D eigenvalue weighted by atomic mass is 16.7. The summed E-state index contributed by atoms with van der Waals surface area (Å²) in [5.74, 6) is -0.997. The lowest BCUT2D eigenvalue weighted by atomic mass is 10.1. The van der Waals surface area contributed by atoms with E-state index in [1.807, 2.05) is 0 Å². The van der Waals surface area contributed by atoms with Crippen LogP contribution >= 0.6 is 0 Å². The summed E-state index contributed by atoms with van der Waals surface area (Å²) in [6.45, 7) is 4.62. The van der Waals surface area contributed by atoms with Crippen LogP contribution in [0.3, 0.4) is 0 Å². The van der Waals surface area contributed by atoms with Gasteiger partial charge in [0.1, 0.15) is 0 Å². The van der Waals surface area contributed by atoms with Crippen LogP contribution in [-0.4, -0.2) is 29.4 Å². The van der Waals surface area contributed by atoms with E-state index in [1.165, 1.54) is 13.8 Å². The van der Waals surface area contributed by atoms with Gasteiger partial charge in [0.05, 0.1) is 6.10 Å². The Morgan fingerprint density at radius 1 is 1.00 bits per heavy atom. The van der Waals surface area contributed by atoms with E-state index in [-0.39, 0.29) is 0 Å². The third kappa shape index (κ3) is 10.1. The van der Waals surface area contributed by atoms with Gasteiger partial charge < -0.3 is 14.6 Å². The van der Waals surface area contributed by atoms with Crippen LogP contribution in [0.1, 0.15) is 59.3 Å². The van der Waals surface area contributed by atoms with Crippen molar-refractivity contribution in [3.63, 3.8) is 0 Å². The van der Waals surface area contributed by atoms with Gasteiger partial charge in [-0.05, 0) is 12.8 Å². The summed E-state index contributed by atoms with van der Waals surface area (Å²) in [7, 11) is 0. The van der Waals surface area contributed by atoms with Crippen LogP contribution in [-0.2, 0) is 19.1 Å². The lowest BCUT2D eigenvalue weighted by Gasteiger charge is -2.18. The van der Waals surface area contributed by atoms with Gasteiger partial charge in [-0.15, -0.1) is 0 Å². The van der Waals surface area contributed by atoms with E-state index in [9.17, 15) is 14.7 Å². The van der Waals surface area contributed by atoms with Crippen LogP contribution in [0.5, 0.6) is 0 Å². The second-order valence-corrected chi connectivity index (χ2v) is 4.38. The van der Waals surface area contributed by atoms with Crippen molar-refractivity contribution in [1.82, 2.24) is 0 Å². The fourth-order valence-electron chi connectivity index (χ4n) is 1.61. The molecule has 0 fully saturated rings. The van der Waals surface area contributed by atoms with E-state index in [4.69, 9.17) is 9.47 Å². The molecule has 0 aromatic rings. The Hall–Kier alpha value is -1.10. The van der Waals surface area contributed by atoms with Gasteiger partial charge in [0.15, 0.2) is 0 Å². The van der Waals surface area contributed by atoms with Gasteiger partial charge in [0.25, 0.3) is 0 Å². The number of hydrogen-bond acceptors (Lipinski definition) is 5. The summed E-state index contributed by atoms with van der Waals surface area (Å²) < 4.78 is 9.69. The molecule has 0 heterocycles. The van der Waals surface area contributed by atoms with Crippen LogP contribution in [0.4, 0.5) is 0 Å². The van der Waals surface area contributed by atoms with Crippen LogP contribution in [0.25, 0.3) is 0 Å². The SMILES string of the molecule is CCCCCC(O)CCC(OC(C)=O)OC(C)=O. The molecule has 0 aliphatic heterocycles. The molecular formula is C13H24O5. The molecule has 0 saturated carbocycles. The molecule has 0 rings (SSSR count). The largest absolute Gasteiger partial charge is 0.425 e. The molecule has 0 aliphatic carbocycles. The summed E-state index contributed by atoms with van der Waals surface area (Å²) in [5.41, 5.74) is 0. The molecule has 106 valence electrons. The average Bonchev–Trinajstić information content (AvgIpc) is 2.25. The highest BCUT2D eigenvalue weighted by Gasteiger charge is 2.17. The fraction of sp³-hybridized carbons (Fsp3) is 0.846. The fourth-order valence-corrected chi connectivity index (χ4v) is 1.61. The maximum Gasteiger partial charge on any atom is 0.305 e. The van der Waals surface area contributed by atoms with Crippen molar-refractivity contribution in [2.45, 2.75) is 71.7 Å². The smallest absolute Gasteiger partial charge is 0.305 e. The van der Waals surface area contributed by atoms with Gasteiger partial charge in [-0.1, -0.05) is 26.2 Å². The van der Waals surface area contributed by atoms with Gasteiger partial charge >= 0.3 is 11.9 Å². The highest BCUT2D eigenvalue weighted by Crippen LogP contribution is 2.12. The van der Waals surface area contributed by atoms with E-state index >= 15 is 0 Å². The Labute approximate surface area is 108 Å². The van der Waals surface area contributed by atoms with Crippen LogP contribution in [0.15, 0.2) is 0 Å². The van der Waals surface area contributed by atoms with Crippen molar-refractivity contribution in [3.05, 3.63) is 0 Å². The first-order chi connectivity index (χ1) is 8.45. The predicted octanol–water partition coefficient (Wildman–Crippen LogP) is 2.16. The number of aliphatic hydroxyl groups excluding tert-OH is 1. The van der Waals surface area contributed by atoms with Crippen molar-refractivity contribution >= 4 is 11.9 Å². The normalized spacial score (nSPS) is 12.3. The Balaban J connectivity index is 3.92. The second-order valence-electron chi connectivity index (χ2n) is 4.38. The number of carbonyl (C=O) groups excluding carboxylic acids is 2. The minimum atomic E-state index is -0.888. The van der Waals surface area contributed by atoms with Crippen molar-refractivity contribution in [2.24, 2.45) is 0 Å². The van der Waals surface area contributed by atoms with E-state index in [0.29, 0.717) is 12.8 Å². The maximum atomic E-state index is 10.8. The van der Waals surface area contributed by atoms with E-state index in [1.54, 1.807) is 0 Å². The van der Waals surface area contributed by atoms with Gasteiger partial charge in [-0.25, -0.2) is 0 Å². The number of unbranched alkanes of at least 4 members (excludes halogenated alkanes) is 2. The average molecular weight is 260 g/mol. The first-order valence-corrected chi connectivity index (χ1v) is 6.48. The molecule has 1 unspecified atom stereocenters. The Morgan fingerprint density at radius 3 is 2.00 bits per heavy atom. The maximum absolute atomic E-state index is 10.8. The van der Waals surface area contributed by atoms with Gasteiger partial charge in [0.2, 0.25) is 6.29 Å². The molecule has 0 aliphatic rings. The van der Waals surface area contributed by atoms with E-state index < -0.39 is 24.3 Å². The minimum Gasteiger partial charge on any atom is -0.425 e. The van der Waals surface area contributed by atoms with Crippen molar-refractivity contribution in [3.8, 4) is 0 Å². The molecule has 0 bridgehead atoms. The van der Waals surface area contributed by atoms with Gasteiger partial charge in [0, 0.05) is 20.3 Å². The standard InChI is InChI=1S/C13H24O5/c1-4-5-6-7-12(16)8-9-13(17-10(2)14)18-11(3)15/h12-13,16H,4-9H2,1-3H3. The first-order valence-electron chi connectivity index (χ1n) is 6.48. The zero-order valence-corrected chi connectivity index (χ0v) is 11.5. The third-order valence-corrected chi connectivity index (χ3v) is 2.47. The summed E-state index contributed by atoms with van der Waals surface area (Å²) >= 11 is 0. The number of aliphatic hydroxyl groups is 1. The highest BCUT2D eigenvalue weighted by molar-refractivity contribution is 5.68. The van der Waals surface area contributed by atoms with Crippen LogP contribution in [0, 0.1) is 0 Å². The third-order valence-electron chi connectivity index (χ3n) is 2.47. The molecule has 5 heteroatoms. The van der Waals surface area contributed by atoms with E-state index in [2.05, 4.69) is 6.92 Å². The molecule has 1 N–H and O–H groups in total. The summed E-state index contributed by atoms with van der Waals surface area (Å²) in [5, 5.41) is 9.71. The van der Waals surface area contributed by atoms with Crippen LogP contribution in [0.2, 0.25) is 0 Å². The quantitative estimate of drug-likeness (QED) is 0.391. The van der Waals surface area contributed by atoms with Crippen molar-refractivity contribution < 1.29 is 24.2 Å². The molecule has 5 nitrogen and oxygen atoms in total. The number of hydrogen-bond donors (Lipinski definition) is 1. The number of esters is 2. The molecule has 1 atom stereocenters. The molecule has 18 heavy (non-hydrogen) atoms. The second kappa shape index (κ2) is 9.88. The van der Waals surface area contributed by atoms with Gasteiger partial charge in [-0.3, -0.25) is 9.59 Å². The molecular weight excluding hydrogens is 236 g/mol. The van der Waals surface area contributed by atoms with E-state index in [0.717, 1.165) is 25.7 Å². The number of carbonyl (C=O) groups is 2.